The highest BCUT2D eigenvalue weighted by Gasteiger charge is 2.20. The van der Waals surface area contributed by atoms with Gasteiger partial charge in [0.25, 0.3) is 0 Å². The average molecular weight is 296 g/mol. The van der Waals surface area contributed by atoms with Gasteiger partial charge in [-0.1, -0.05) is 13.0 Å². The fourth-order valence-electron chi connectivity index (χ4n) is 1.76. The van der Waals surface area contributed by atoms with Gasteiger partial charge in [0.2, 0.25) is 5.91 Å². The first-order valence-corrected chi connectivity index (χ1v) is 6.67. The van der Waals surface area contributed by atoms with E-state index in [1.807, 2.05) is 6.92 Å². The first-order valence-electron chi connectivity index (χ1n) is 6.67. The largest absolute Gasteiger partial charge is 0.504 e. The first kappa shape index (κ1) is 16.8. The van der Waals surface area contributed by atoms with Crippen LogP contribution >= 0.6 is 0 Å². The molecule has 7 nitrogen and oxygen atoms in total. The zero-order valence-electron chi connectivity index (χ0n) is 11.8. The van der Waals surface area contributed by atoms with Crippen LogP contribution in [-0.2, 0) is 16.0 Å². The predicted octanol–water partition coefficient (Wildman–Crippen LogP) is 0.209. The molecule has 0 unspecified atom stereocenters. The van der Waals surface area contributed by atoms with E-state index in [1.54, 1.807) is 0 Å². The predicted molar refractivity (Wildman–Crippen MR) is 76.2 cm³/mol. The van der Waals surface area contributed by atoms with Crippen LogP contribution in [0.15, 0.2) is 18.2 Å². The molecule has 0 aromatic heterocycles. The molecule has 7 heteroatoms. The standard InChI is InChI=1S/C14H20N2O5/c1-2-5-15-8-13(19)16-10(14(20)21)6-9-3-4-11(17)12(18)7-9/h3-4,7,10,15,17-18H,2,5-6,8H2,1H3,(H,16,19)(H,20,21)/t10-/m0/s1. The summed E-state index contributed by atoms with van der Waals surface area (Å²) in [6.07, 6.45) is 0.894. The summed E-state index contributed by atoms with van der Waals surface area (Å²) in [5, 5.41) is 33.0. The van der Waals surface area contributed by atoms with Crippen molar-refractivity contribution in [1.29, 1.82) is 0 Å². The van der Waals surface area contributed by atoms with Gasteiger partial charge in [0.05, 0.1) is 6.54 Å². The van der Waals surface area contributed by atoms with Crippen LogP contribution in [-0.4, -0.2) is 46.3 Å². The molecule has 0 heterocycles. The lowest BCUT2D eigenvalue weighted by Gasteiger charge is -2.15. The average Bonchev–Trinajstić information content (AvgIpc) is 2.42. The fraction of sp³-hybridized carbons (Fsp3) is 0.429. The number of benzene rings is 1. The van der Waals surface area contributed by atoms with Gasteiger partial charge >= 0.3 is 5.97 Å². The second-order valence-corrected chi connectivity index (χ2v) is 4.66. The van der Waals surface area contributed by atoms with E-state index in [1.165, 1.54) is 18.2 Å². The molecule has 1 amide bonds. The van der Waals surface area contributed by atoms with Crippen LogP contribution in [0.5, 0.6) is 11.5 Å². The molecule has 1 atom stereocenters. The van der Waals surface area contributed by atoms with Crippen LogP contribution < -0.4 is 10.6 Å². The minimum atomic E-state index is -1.16. The van der Waals surface area contributed by atoms with Gasteiger partial charge in [-0.15, -0.1) is 0 Å². The Morgan fingerprint density at radius 1 is 1.24 bits per heavy atom. The Morgan fingerprint density at radius 2 is 1.95 bits per heavy atom. The molecule has 0 bridgehead atoms. The summed E-state index contributed by atoms with van der Waals surface area (Å²) in [5.41, 5.74) is 0.500. The molecule has 0 radical (unpaired) electrons. The van der Waals surface area contributed by atoms with Crippen molar-refractivity contribution in [3.63, 3.8) is 0 Å². The Balaban J connectivity index is 2.63. The van der Waals surface area contributed by atoms with E-state index in [4.69, 9.17) is 5.11 Å². The number of phenols is 2. The minimum Gasteiger partial charge on any atom is -0.504 e. The van der Waals surface area contributed by atoms with E-state index in [0.29, 0.717) is 12.1 Å². The molecule has 0 aliphatic carbocycles. The maximum absolute atomic E-state index is 11.6. The van der Waals surface area contributed by atoms with E-state index >= 15 is 0 Å². The fourth-order valence-corrected chi connectivity index (χ4v) is 1.76. The van der Waals surface area contributed by atoms with Gasteiger partial charge in [-0.2, -0.15) is 0 Å². The van der Waals surface area contributed by atoms with Crippen molar-refractivity contribution in [3.05, 3.63) is 23.8 Å². The highest BCUT2D eigenvalue weighted by Crippen LogP contribution is 2.25. The molecule has 21 heavy (non-hydrogen) atoms. The third-order valence-corrected chi connectivity index (χ3v) is 2.83. The van der Waals surface area contributed by atoms with Gasteiger partial charge in [-0.05, 0) is 30.7 Å². The molecular formula is C14H20N2O5. The highest BCUT2D eigenvalue weighted by atomic mass is 16.4. The summed E-state index contributed by atoms with van der Waals surface area (Å²) in [6, 6.07) is 2.94. The lowest BCUT2D eigenvalue weighted by Crippen LogP contribution is -2.45. The molecule has 0 saturated carbocycles. The number of nitrogens with one attached hydrogen (secondary N) is 2. The monoisotopic (exact) mass is 296 g/mol. The number of amides is 1. The molecular weight excluding hydrogens is 276 g/mol. The quantitative estimate of drug-likeness (QED) is 0.345. The van der Waals surface area contributed by atoms with E-state index in [0.717, 1.165) is 6.42 Å². The normalized spacial score (nSPS) is 11.9. The number of hydrogen-bond acceptors (Lipinski definition) is 5. The summed E-state index contributed by atoms with van der Waals surface area (Å²) in [7, 11) is 0. The Kier molecular flexibility index (Phi) is 6.48. The summed E-state index contributed by atoms with van der Waals surface area (Å²) >= 11 is 0. The van der Waals surface area contributed by atoms with E-state index in [-0.39, 0.29) is 24.5 Å². The second kappa shape index (κ2) is 8.11. The lowest BCUT2D eigenvalue weighted by atomic mass is 10.1. The van der Waals surface area contributed by atoms with Crippen LogP contribution in [0.1, 0.15) is 18.9 Å². The Labute approximate surface area is 122 Å². The Morgan fingerprint density at radius 3 is 2.52 bits per heavy atom. The number of carboxylic acids is 1. The minimum absolute atomic E-state index is 0.0166. The molecule has 116 valence electrons. The maximum Gasteiger partial charge on any atom is 0.326 e. The third kappa shape index (κ3) is 5.70. The molecule has 0 fully saturated rings. The van der Waals surface area contributed by atoms with Gasteiger partial charge in [0.1, 0.15) is 6.04 Å². The summed E-state index contributed by atoms with van der Waals surface area (Å²) in [5.74, 6) is -2.17. The molecule has 1 aromatic rings. The number of aliphatic carboxylic acids is 1. The molecule has 0 spiro atoms. The van der Waals surface area contributed by atoms with Crippen molar-refractivity contribution in [2.75, 3.05) is 13.1 Å². The maximum atomic E-state index is 11.6. The van der Waals surface area contributed by atoms with Crippen molar-refractivity contribution in [1.82, 2.24) is 10.6 Å². The van der Waals surface area contributed by atoms with Crippen molar-refractivity contribution in [3.8, 4) is 11.5 Å². The van der Waals surface area contributed by atoms with Gasteiger partial charge in [-0.3, -0.25) is 4.79 Å². The number of hydrogen-bond donors (Lipinski definition) is 5. The number of rotatable bonds is 8. The van der Waals surface area contributed by atoms with Gasteiger partial charge in [-0.25, -0.2) is 4.79 Å². The van der Waals surface area contributed by atoms with Crippen LogP contribution in [0.2, 0.25) is 0 Å². The molecule has 1 aromatic carbocycles. The molecule has 1 rings (SSSR count). The van der Waals surface area contributed by atoms with E-state index < -0.39 is 17.9 Å². The topological polar surface area (TPSA) is 119 Å². The number of aromatic hydroxyl groups is 2. The summed E-state index contributed by atoms with van der Waals surface area (Å²) in [6.45, 7) is 2.69. The number of phenolic OH excluding ortho intramolecular Hbond substituents is 2. The molecule has 5 N–H and O–H groups in total. The van der Waals surface area contributed by atoms with Crippen LogP contribution in [0, 0.1) is 0 Å². The van der Waals surface area contributed by atoms with Crippen LogP contribution in [0.25, 0.3) is 0 Å². The lowest BCUT2D eigenvalue weighted by molar-refractivity contribution is -0.141. The Hall–Kier alpha value is -2.28. The molecule has 0 aliphatic heterocycles. The zero-order chi connectivity index (χ0) is 15.8. The van der Waals surface area contributed by atoms with Gasteiger partial charge in [0.15, 0.2) is 11.5 Å². The second-order valence-electron chi connectivity index (χ2n) is 4.66. The highest BCUT2D eigenvalue weighted by molar-refractivity contribution is 5.84. The smallest absolute Gasteiger partial charge is 0.326 e. The summed E-state index contributed by atoms with van der Waals surface area (Å²) in [4.78, 5) is 22.8. The van der Waals surface area contributed by atoms with Gasteiger partial charge in [0, 0.05) is 6.42 Å². The van der Waals surface area contributed by atoms with Crippen molar-refractivity contribution >= 4 is 11.9 Å². The first-order chi connectivity index (χ1) is 9.93. The Bertz CT molecular complexity index is 504. The zero-order valence-corrected chi connectivity index (χ0v) is 11.8. The van der Waals surface area contributed by atoms with Crippen molar-refractivity contribution in [2.45, 2.75) is 25.8 Å². The third-order valence-electron chi connectivity index (χ3n) is 2.83. The van der Waals surface area contributed by atoms with Crippen LogP contribution in [0.3, 0.4) is 0 Å². The SMILES string of the molecule is CCCNCC(=O)N[C@@H](Cc1ccc(O)c(O)c1)C(=O)O. The molecule has 0 saturated heterocycles. The van der Waals surface area contributed by atoms with Crippen LogP contribution in [0.4, 0.5) is 0 Å². The summed E-state index contributed by atoms with van der Waals surface area (Å²) < 4.78 is 0. The van der Waals surface area contributed by atoms with Crippen molar-refractivity contribution < 1.29 is 24.9 Å². The van der Waals surface area contributed by atoms with Gasteiger partial charge < -0.3 is 26.0 Å². The van der Waals surface area contributed by atoms with E-state index in [2.05, 4.69) is 10.6 Å². The number of carbonyl (C=O) groups is 2. The number of carbonyl (C=O) groups excluding carboxylic acids is 1. The van der Waals surface area contributed by atoms with Crippen molar-refractivity contribution in [2.24, 2.45) is 0 Å². The molecule has 0 aliphatic rings. The number of carboxylic acid groups (broad SMARTS) is 1. The van der Waals surface area contributed by atoms with E-state index in [9.17, 15) is 19.8 Å².